The largest absolute Gasteiger partial charge is 0.451 e. The van der Waals surface area contributed by atoms with E-state index in [1.54, 1.807) is 0 Å². The molecule has 1 aromatic rings. The normalized spacial score (nSPS) is 29.2. The topological polar surface area (TPSA) is 28.0 Å². The second-order valence-corrected chi connectivity index (χ2v) is 4.47. The maximum absolute atomic E-state index is 14.2. The van der Waals surface area contributed by atoms with Crippen LogP contribution in [0.5, 0.6) is 0 Å². The first kappa shape index (κ1) is 16.4. The number of rotatable bonds is 2. The van der Waals surface area contributed by atoms with E-state index < -0.39 is 35.5 Å². The van der Waals surface area contributed by atoms with Gasteiger partial charge in [-0.15, -0.1) is 5.11 Å². The molecule has 1 heterocycles. The van der Waals surface area contributed by atoms with Crippen molar-refractivity contribution in [3.05, 3.63) is 35.9 Å². The quantitative estimate of drug-likeness (QED) is 0.585. The van der Waals surface area contributed by atoms with Crippen molar-refractivity contribution in [1.29, 1.82) is 0 Å². The number of alkyl halides is 8. The van der Waals surface area contributed by atoms with E-state index >= 15 is 0 Å². The number of benzene rings is 1. The summed E-state index contributed by atoms with van der Waals surface area (Å²) in [5.41, 5.74) is -0.000788. The Kier molecular flexibility index (Phi) is 3.57. The Morgan fingerprint density at radius 3 is 1.91 bits per heavy atom. The maximum atomic E-state index is 14.2. The van der Waals surface area contributed by atoms with Crippen molar-refractivity contribution in [2.45, 2.75) is 30.5 Å². The van der Waals surface area contributed by atoms with Crippen LogP contribution in [0.3, 0.4) is 0 Å². The average Bonchev–Trinajstić information content (AvgIpc) is 2.66. The molecule has 2 atom stereocenters. The van der Waals surface area contributed by atoms with Crippen molar-refractivity contribution in [2.24, 2.45) is 10.3 Å². The molecule has 2 unspecified atom stereocenters. The fraction of sp³-hybridized carbons (Fsp3) is 0.455. The second-order valence-electron chi connectivity index (χ2n) is 4.47. The van der Waals surface area contributed by atoms with Crippen LogP contribution in [0.25, 0.3) is 0 Å². The molecule has 11 heteroatoms. The van der Waals surface area contributed by atoms with Crippen LogP contribution in [0.4, 0.5) is 35.1 Å². The molecule has 2 rings (SSSR count). The summed E-state index contributed by atoms with van der Waals surface area (Å²) < 4.78 is 104. The van der Waals surface area contributed by atoms with E-state index in [0.29, 0.717) is 0 Å². The summed E-state index contributed by atoms with van der Waals surface area (Å²) >= 11 is 0. The molecule has 0 fully saturated rings. The van der Waals surface area contributed by atoms with Gasteiger partial charge in [-0.2, -0.15) is 30.7 Å². The van der Waals surface area contributed by atoms with Gasteiger partial charge in [0.25, 0.3) is 0 Å². The van der Waals surface area contributed by atoms with Crippen LogP contribution in [-0.4, -0.2) is 28.9 Å². The smallest absolute Gasteiger partial charge is 0.225 e. The minimum Gasteiger partial charge on any atom is -0.225 e. The third-order valence-corrected chi connectivity index (χ3v) is 3.01. The molecule has 1 aliphatic rings. The van der Waals surface area contributed by atoms with Crippen LogP contribution in [-0.2, 0) is 6.54 Å². The second kappa shape index (κ2) is 4.78. The van der Waals surface area contributed by atoms with Crippen LogP contribution in [0.15, 0.2) is 40.7 Å². The Morgan fingerprint density at radius 2 is 1.45 bits per heavy atom. The third kappa shape index (κ3) is 2.18. The lowest BCUT2D eigenvalue weighted by Crippen LogP contribution is -2.67. The number of nitrogens with zero attached hydrogens (tertiary/aromatic N) is 3. The third-order valence-electron chi connectivity index (χ3n) is 3.01. The van der Waals surface area contributed by atoms with Gasteiger partial charge < -0.3 is 0 Å². The molecule has 0 aliphatic carbocycles. The molecule has 0 N–H and O–H groups in total. The Morgan fingerprint density at radius 1 is 0.909 bits per heavy atom. The lowest BCUT2D eigenvalue weighted by molar-refractivity contribution is -0.368. The van der Waals surface area contributed by atoms with Crippen molar-refractivity contribution in [3.8, 4) is 0 Å². The molecule has 0 bridgehead atoms. The highest BCUT2D eigenvalue weighted by atomic mass is 19.4. The van der Waals surface area contributed by atoms with Crippen molar-refractivity contribution in [1.82, 2.24) is 5.01 Å². The summed E-state index contributed by atoms with van der Waals surface area (Å²) in [4.78, 5) is 0. The van der Waals surface area contributed by atoms with Crippen LogP contribution in [0, 0.1) is 0 Å². The monoisotopic (exact) mass is 333 g/mol. The van der Waals surface area contributed by atoms with Gasteiger partial charge in [-0.1, -0.05) is 35.6 Å². The summed E-state index contributed by atoms with van der Waals surface area (Å²) in [6.07, 6.45) is -12.4. The minimum atomic E-state index is -6.23. The molecule has 0 spiro atoms. The molecule has 1 aliphatic heterocycles. The Balaban J connectivity index is 2.47. The van der Waals surface area contributed by atoms with Crippen molar-refractivity contribution < 1.29 is 35.1 Å². The molecular formula is C11H7F8N3. The number of hydrogen-bond donors (Lipinski definition) is 0. The first-order valence-corrected chi connectivity index (χ1v) is 5.69. The van der Waals surface area contributed by atoms with E-state index in [4.69, 9.17) is 0 Å². The minimum absolute atomic E-state index is 0.000788. The zero-order chi connectivity index (χ0) is 16.8. The summed E-state index contributed by atoms with van der Waals surface area (Å²) in [5.74, 6) is -11.0. The van der Waals surface area contributed by atoms with E-state index in [1.807, 2.05) is 5.11 Å². The van der Waals surface area contributed by atoms with Gasteiger partial charge in [-0.25, -0.2) is 9.40 Å². The van der Waals surface area contributed by atoms with E-state index in [1.165, 1.54) is 30.3 Å². The van der Waals surface area contributed by atoms with Crippen LogP contribution >= 0.6 is 0 Å². The molecular weight excluding hydrogens is 326 g/mol. The van der Waals surface area contributed by atoms with Crippen molar-refractivity contribution in [2.75, 3.05) is 0 Å². The molecule has 22 heavy (non-hydrogen) atoms. The van der Waals surface area contributed by atoms with Gasteiger partial charge in [0.05, 0.1) is 6.54 Å². The van der Waals surface area contributed by atoms with Crippen LogP contribution < -0.4 is 0 Å². The first-order chi connectivity index (χ1) is 9.93. The number of halogens is 8. The van der Waals surface area contributed by atoms with E-state index in [2.05, 4.69) is 5.22 Å². The van der Waals surface area contributed by atoms with Crippen LogP contribution in [0.1, 0.15) is 5.56 Å². The van der Waals surface area contributed by atoms with Gasteiger partial charge in [0, 0.05) is 0 Å². The highest BCUT2D eigenvalue weighted by Crippen LogP contribution is 2.57. The summed E-state index contributed by atoms with van der Waals surface area (Å²) in [6, 6.07) is 6.65. The fourth-order valence-corrected chi connectivity index (χ4v) is 1.89. The molecule has 3 nitrogen and oxygen atoms in total. The highest BCUT2D eigenvalue weighted by Gasteiger charge is 2.86. The van der Waals surface area contributed by atoms with Gasteiger partial charge in [0.1, 0.15) is 0 Å². The molecule has 0 saturated carbocycles. The Hall–Kier alpha value is -1.94. The molecule has 122 valence electrons. The molecule has 1 aromatic carbocycles. The molecule has 0 saturated heterocycles. The zero-order valence-corrected chi connectivity index (χ0v) is 10.5. The molecule has 0 aromatic heterocycles. The van der Waals surface area contributed by atoms with Gasteiger partial charge in [-0.05, 0) is 5.56 Å². The fourth-order valence-electron chi connectivity index (χ4n) is 1.89. The average molecular weight is 333 g/mol. The molecule has 0 radical (unpaired) electrons. The summed E-state index contributed by atoms with van der Waals surface area (Å²) in [5, 5.41) is 3.65. The lowest BCUT2D eigenvalue weighted by atomic mass is 10.0. The predicted octanol–water partition coefficient (Wildman–Crippen LogP) is 4.33. The summed E-state index contributed by atoms with van der Waals surface area (Å²) in [7, 11) is 0. The van der Waals surface area contributed by atoms with E-state index in [9.17, 15) is 35.1 Å². The lowest BCUT2D eigenvalue weighted by Gasteiger charge is -2.37. The van der Waals surface area contributed by atoms with Gasteiger partial charge in [0.2, 0.25) is 0 Å². The van der Waals surface area contributed by atoms with Crippen molar-refractivity contribution >= 4 is 0 Å². The van der Waals surface area contributed by atoms with Gasteiger partial charge in [0.15, 0.2) is 0 Å². The zero-order valence-electron chi connectivity index (χ0n) is 10.5. The number of hydrogen-bond acceptors (Lipinski definition) is 3. The maximum Gasteiger partial charge on any atom is 0.451 e. The van der Waals surface area contributed by atoms with Gasteiger partial charge >= 0.3 is 23.9 Å². The first-order valence-electron chi connectivity index (χ1n) is 5.69. The van der Waals surface area contributed by atoms with Gasteiger partial charge in [-0.3, -0.25) is 0 Å². The van der Waals surface area contributed by atoms with Crippen LogP contribution in [0.2, 0.25) is 0 Å². The Labute approximate surface area is 118 Å². The predicted molar refractivity (Wildman–Crippen MR) is 56.6 cm³/mol. The standard InChI is InChI=1S/C11H7F8N3/c12-8(10(14,15)16)9(13,11(17,18)19)22(21-20-8)6-7-4-2-1-3-5-7/h1-5H,6H2. The Bertz CT molecular complexity index is 569. The SMILES string of the molecule is FC(F)(F)C1(F)N=NN(Cc2ccccc2)C1(F)C(F)(F)F. The van der Waals surface area contributed by atoms with Crippen molar-refractivity contribution in [3.63, 3.8) is 0 Å². The molecule has 0 amide bonds. The van der Waals surface area contributed by atoms with E-state index in [-0.39, 0.29) is 5.56 Å². The van der Waals surface area contributed by atoms with E-state index in [0.717, 1.165) is 0 Å². The highest BCUT2D eigenvalue weighted by molar-refractivity contribution is 5.17. The summed E-state index contributed by atoms with van der Waals surface area (Å²) in [6.45, 7) is -1.04.